The van der Waals surface area contributed by atoms with E-state index >= 15 is 0 Å². The first kappa shape index (κ1) is 19.7. The molecule has 1 aromatic carbocycles. The summed E-state index contributed by atoms with van der Waals surface area (Å²) in [4.78, 5) is 12.2. The summed E-state index contributed by atoms with van der Waals surface area (Å²) in [6.07, 6.45) is 0.232. The third kappa shape index (κ3) is 4.79. The Labute approximate surface area is 164 Å². The SMILES string of the molecule is Cc1noc(C)c1COc1ccc(CC(=O)Nc2cc(C(C)(C)C)no2)cc1. The van der Waals surface area contributed by atoms with E-state index in [-0.39, 0.29) is 17.7 Å². The van der Waals surface area contributed by atoms with E-state index in [2.05, 4.69) is 15.6 Å². The number of aryl methyl sites for hydroxylation is 2. The van der Waals surface area contributed by atoms with Gasteiger partial charge in [-0.15, -0.1) is 0 Å². The van der Waals surface area contributed by atoms with Crippen LogP contribution in [-0.4, -0.2) is 16.2 Å². The standard InChI is InChI=1S/C21H25N3O4/c1-13-17(14(2)27-23-13)12-26-16-8-6-15(7-9-16)10-19(25)22-20-11-18(24-28-20)21(3,4)5/h6-9,11H,10,12H2,1-5H3,(H,22,25). The Hall–Kier alpha value is -3.09. The molecule has 1 amide bonds. The van der Waals surface area contributed by atoms with Crippen molar-refractivity contribution < 1.29 is 18.6 Å². The van der Waals surface area contributed by atoms with Gasteiger partial charge in [-0.25, -0.2) is 0 Å². The highest BCUT2D eigenvalue weighted by atomic mass is 16.5. The van der Waals surface area contributed by atoms with Crippen LogP contribution < -0.4 is 10.1 Å². The minimum Gasteiger partial charge on any atom is -0.489 e. The zero-order valence-electron chi connectivity index (χ0n) is 16.8. The first-order chi connectivity index (χ1) is 13.2. The Morgan fingerprint density at radius 2 is 1.82 bits per heavy atom. The Kier molecular flexibility index (Phi) is 5.53. The van der Waals surface area contributed by atoms with E-state index in [1.54, 1.807) is 6.07 Å². The lowest BCUT2D eigenvalue weighted by atomic mass is 9.92. The monoisotopic (exact) mass is 383 g/mol. The van der Waals surface area contributed by atoms with E-state index in [1.807, 2.05) is 58.9 Å². The maximum absolute atomic E-state index is 12.2. The van der Waals surface area contributed by atoms with Gasteiger partial charge in [-0.05, 0) is 31.5 Å². The minimum atomic E-state index is -0.166. The van der Waals surface area contributed by atoms with Crippen LogP contribution in [0.4, 0.5) is 5.88 Å². The average molecular weight is 383 g/mol. The summed E-state index contributed by atoms with van der Waals surface area (Å²) in [5, 5.41) is 10.6. The molecule has 0 atom stereocenters. The molecule has 0 saturated carbocycles. The van der Waals surface area contributed by atoms with Crippen molar-refractivity contribution in [2.75, 3.05) is 5.32 Å². The molecule has 0 unspecified atom stereocenters. The summed E-state index contributed by atoms with van der Waals surface area (Å²) in [6.45, 7) is 10.2. The van der Waals surface area contributed by atoms with Gasteiger partial charge in [0.1, 0.15) is 18.1 Å². The van der Waals surface area contributed by atoms with Crippen molar-refractivity contribution in [2.24, 2.45) is 0 Å². The average Bonchev–Trinajstić information content (AvgIpc) is 3.21. The Morgan fingerprint density at radius 3 is 2.39 bits per heavy atom. The summed E-state index contributed by atoms with van der Waals surface area (Å²) in [5.41, 5.74) is 3.31. The van der Waals surface area contributed by atoms with Crippen LogP contribution in [-0.2, 0) is 23.2 Å². The maximum atomic E-state index is 12.2. The van der Waals surface area contributed by atoms with Crippen LogP contribution in [0, 0.1) is 13.8 Å². The second-order valence-electron chi connectivity index (χ2n) is 7.79. The molecule has 2 aromatic heterocycles. The van der Waals surface area contributed by atoms with Crippen molar-refractivity contribution in [3.8, 4) is 5.75 Å². The molecule has 0 fully saturated rings. The minimum absolute atomic E-state index is 0.133. The molecule has 0 spiro atoms. The molecule has 0 aliphatic carbocycles. The molecule has 3 aromatic rings. The molecule has 148 valence electrons. The second kappa shape index (κ2) is 7.88. The number of nitrogens with one attached hydrogen (secondary N) is 1. The van der Waals surface area contributed by atoms with Crippen LogP contribution in [0.1, 0.15) is 49.0 Å². The van der Waals surface area contributed by atoms with E-state index in [0.29, 0.717) is 18.2 Å². The van der Waals surface area contributed by atoms with Gasteiger partial charge in [0.15, 0.2) is 0 Å². The van der Waals surface area contributed by atoms with Gasteiger partial charge in [0.2, 0.25) is 11.8 Å². The van der Waals surface area contributed by atoms with E-state index < -0.39 is 0 Å². The lowest BCUT2D eigenvalue weighted by Gasteiger charge is -2.12. The van der Waals surface area contributed by atoms with Crippen molar-refractivity contribution in [2.45, 2.75) is 53.1 Å². The number of hydrogen-bond acceptors (Lipinski definition) is 6. The number of carbonyl (C=O) groups excluding carboxylic acids is 1. The van der Waals surface area contributed by atoms with Crippen LogP contribution in [0.25, 0.3) is 0 Å². The lowest BCUT2D eigenvalue weighted by Crippen LogP contribution is -2.14. The quantitative estimate of drug-likeness (QED) is 0.681. The molecule has 0 radical (unpaired) electrons. The first-order valence-corrected chi connectivity index (χ1v) is 9.13. The van der Waals surface area contributed by atoms with E-state index in [9.17, 15) is 4.79 Å². The van der Waals surface area contributed by atoms with Gasteiger partial charge >= 0.3 is 0 Å². The van der Waals surface area contributed by atoms with E-state index in [4.69, 9.17) is 13.8 Å². The Balaban J connectivity index is 1.53. The molecular weight excluding hydrogens is 358 g/mol. The predicted octanol–water partition coefficient (Wildman–Crippen LogP) is 4.34. The van der Waals surface area contributed by atoms with Gasteiger partial charge in [-0.1, -0.05) is 43.2 Å². The molecule has 2 heterocycles. The van der Waals surface area contributed by atoms with Gasteiger partial charge < -0.3 is 13.8 Å². The van der Waals surface area contributed by atoms with Gasteiger partial charge in [0.05, 0.1) is 23.4 Å². The highest BCUT2D eigenvalue weighted by Crippen LogP contribution is 2.24. The second-order valence-corrected chi connectivity index (χ2v) is 7.79. The molecule has 7 nitrogen and oxygen atoms in total. The molecular formula is C21H25N3O4. The summed E-state index contributed by atoms with van der Waals surface area (Å²) in [7, 11) is 0. The summed E-state index contributed by atoms with van der Waals surface area (Å²) in [6, 6.07) is 9.16. The largest absolute Gasteiger partial charge is 0.489 e. The molecule has 1 N–H and O–H groups in total. The molecule has 0 bridgehead atoms. The van der Waals surface area contributed by atoms with Crippen molar-refractivity contribution in [3.05, 3.63) is 58.6 Å². The van der Waals surface area contributed by atoms with Crippen molar-refractivity contribution in [3.63, 3.8) is 0 Å². The molecule has 28 heavy (non-hydrogen) atoms. The highest BCUT2D eigenvalue weighted by molar-refractivity contribution is 5.91. The lowest BCUT2D eigenvalue weighted by molar-refractivity contribution is -0.115. The molecule has 7 heteroatoms. The smallest absolute Gasteiger partial charge is 0.231 e. The van der Waals surface area contributed by atoms with Crippen LogP contribution in [0.3, 0.4) is 0 Å². The third-order valence-corrected chi connectivity index (χ3v) is 4.39. The zero-order valence-corrected chi connectivity index (χ0v) is 16.8. The van der Waals surface area contributed by atoms with Crippen molar-refractivity contribution >= 4 is 11.8 Å². The number of aromatic nitrogens is 2. The fraction of sp³-hybridized carbons (Fsp3) is 0.381. The van der Waals surface area contributed by atoms with Gasteiger partial charge in [0, 0.05) is 11.5 Å². The van der Waals surface area contributed by atoms with Gasteiger partial charge in [0.25, 0.3) is 0 Å². The first-order valence-electron chi connectivity index (χ1n) is 9.13. The van der Waals surface area contributed by atoms with Crippen molar-refractivity contribution in [1.29, 1.82) is 0 Å². The Bertz CT molecular complexity index is 929. The zero-order chi connectivity index (χ0) is 20.3. The number of anilines is 1. The van der Waals surface area contributed by atoms with E-state index in [0.717, 1.165) is 28.3 Å². The van der Waals surface area contributed by atoms with Crippen LogP contribution >= 0.6 is 0 Å². The number of rotatable bonds is 6. The fourth-order valence-corrected chi connectivity index (χ4v) is 2.62. The van der Waals surface area contributed by atoms with Crippen LogP contribution in [0.2, 0.25) is 0 Å². The summed E-state index contributed by atoms with van der Waals surface area (Å²) >= 11 is 0. The maximum Gasteiger partial charge on any atom is 0.231 e. The number of hydrogen-bond donors (Lipinski definition) is 1. The summed E-state index contributed by atoms with van der Waals surface area (Å²) in [5.74, 6) is 1.66. The molecule has 0 aliphatic heterocycles. The molecule has 3 rings (SSSR count). The van der Waals surface area contributed by atoms with Crippen LogP contribution in [0.15, 0.2) is 39.4 Å². The summed E-state index contributed by atoms with van der Waals surface area (Å²) < 4.78 is 16.1. The number of nitrogens with zero attached hydrogens (tertiary/aromatic N) is 2. The van der Waals surface area contributed by atoms with Gasteiger partial charge in [-0.3, -0.25) is 10.1 Å². The van der Waals surface area contributed by atoms with Crippen LogP contribution in [0.5, 0.6) is 5.75 Å². The Morgan fingerprint density at radius 1 is 1.11 bits per heavy atom. The van der Waals surface area contributed by atoms with Gasteiger partial charge in [-0.2, -0.15) is 0 Å². The number of benzene rings is 1. The predicted molar refractivity (Wildman–Crippen MR) is 104 cm³/mol. The molecule has 0 aliphatic rings. The molecule has 0 saturated heterocycles. The topological polar surface area (TPSA) is 90.4 Å². The van der Waals surface area contributed by atoms with E-state index in [1.165, 1.54) is 0 Å². The third-order valence-electron chi connectivity index (χ3n) is 4.39. The normalized spacial score (nSPS) is 11.5. The number of carbonyl (C=O) groups is 1. The number of ether oxygens (including phenoxy) is 1. The fourth-order valence-electron chi connectivity index (χ4n) is 2.62. The number of amides is 1. The highest BCUT2D eigenvalue weighted by Gasteiger charge is 2.19. The van der Waals surface area contributed by atoms with Crippen molar-refractivity contribution in [1.82, 2.24) is 10.3 Å².